The van der Waals surface area contributed by atoms with Crippen LogP contribution in [0.1, 0.15) is 19.4 Å². The molecule has 0 aliphatic rings. The van der Waals surface area contributed by atoms with E-state index in [1.807, 2.05) is 30.3 Å². The quantitative estimate of drug-likeness (QED) is 0.718. The van der Waals surface area contributed by atoms with E-state index in [0.29, 0.717) is 17.2 Å². The molecule has 1 amide bonds. The molecule has 2 aromatic rings. The molecular weight excluding hydrogens is 354 g/mol. The Morgan fingerprint density at radius 1 is 1.08 bits per heavy atom. The van der Waals surface area contributed by atoms with Crippen molar-refractivity contribution in [3.05, 3.63) is 65.2 Å². The number of halogens is 1. The molecule has 2 atom stereocenters. The second kappa shape index (κ2) is 9.82. The maximum atomic E-state index is 12.5. The Hall–Kier alpha value is -2.53. The van der Waals surface area contributed by atoms with Crippen LogP contribution in [-0.2, 0) is 20.7 Å². The first kappa shape index (κ1) is 19.8. The van der Waals surface area contributed by atoms with E-state index >= 15 is 0 Å². The van der Waals surface area contributed by atoms with Crippen LogP contribution in [0.2, 0.25) is 5.02 Å². The monoisotopic (exact) mass is 375 g/mol. The predicted molar refractivity (Wildman–Crippen MR) is 100 cm³/mol. The molecule has 0 fully saturated rings. The van der Waals surface area contributed by atoms with Gasteiger partial charge in [-0.3, -0.25) is 4.79 Å². The van der Waals surface area contributed by atoms with Gasteiger partial charge in [0, 0.05) is 6.42 Å². The van der Waals surface area contributed by atoms with Crippen molar-refractivity contribution in [2.45, 2.75) is 32.4 Å². The van der Waals surface area contributed by atoms with Crippen molar-refractivity contribution in [2.24, 2.45) is 0 Å². The summed E-state index contributed by atoms with van der Waals surface area (Å²) in [7, 11) is 0. The first-order valence-electron chi connectivity index (χ1n) is 8.43. The largest absolute Gasteiger partial charge is 0.479 e. The summed E-state index contributed by atoms with van der Waals surface area (Å²) >= 11 is 6.05. The lowest BCUT2D eigenvalue weighted by molar-refractivity contribution is -0.148. The first-order valence-corrected chi connectivity index (χ1v) is 8.81. The van der Waals surface area contributed by atoms with E-state index in [4.69, 9.17) is 21.1 Å². The summed E-state index contributed by atoms with van der Waals surface area (Å²) in [4.78, 5) is 24.7. The van der Waals surface area contributed by atoms with Gasteiger partial charge in [0.25, 0.3) is 5.91 Å². The standard InChI is InChI=1S/C20H22ClNO4/c1-3-25-20(24)17(13-15-9-5-4-6-10-15)22-19(23)14(2)26-18-12-8-7-11-16(18)21/h4-12,14,17H,3,13H2,1-2H3,(H,22,23). The van der Waals surface area contributed by atoms with Crippen molar-refractivity contribution < 1.29 is 19.1 Å². The molecule has 0 radical (unpaired) electrons. The summed E-state index contributed by atoms with van der Waals surface area (Å²) < 4.78 is 10.7. The summed E-state index contributed by atoms with van der Waals surface area (Å²) in [6.45, 7) is 3.57. The third-order valence-electron chi connectivity index (χ3n) is 3.68. The molecule has 0 aromatic heterocycles. The number of amides is 1. The zero-order valence-electron chi connectivity index (χ0n) is 14.8. The molecular formula is C20H22ClNO4. The minimum absolute atomic E-state index is 0.242. The molecule has 0 aliphatic heterocycles. The lowest BCUT2D eigenvalue weighted by Crippen LogP contribution is -2.48. The number of hydrogen-bond acceptors (Lipinski definition) is 4. The van der Waals surface area contributed by atoms with Gasteiger partial charge >= 0.3 is 5.97 Å². The Kier molecular flexibility index (Phi) is 7.48. The molecule has 2 rings (SSSR count). The van der Waals surface area contributed by atoms with E-state index in [9.17, 15) is 9.59 Å². The Bertz CT molecular complexity index is 736. The van der Waals surface area contributed by atoms with Crippen molar-refractivity contribution in [3.8, 4) is 5.75 Å². The molecule has 2 unspecified atom stereocenters. The number of hydrogen-bond donors (Lipinski definition) is 1. The number of carbonyl (C=O) groups excluding carboxylic acids is 2. The maximum absolute atomic E-state index is 12.5. The van der Waals surface area contributed by atoms with Crippen LogP contribution in [0.3, 0.4) is 0 Å². The third kappa shape index (κ3) is 5.77. The summed E-state index contributed by atoms with van der Waals surface area (Å²) in [5.41, 5.74) is 0.922. The Morgan fingerprint density at radius 2 is 1.73 bits per heavy atom. The molecule has 0 heterocycles. The molecule has 138 valence electrons. The highest BCUT2D eigenvalue weighted by Gasteiger charge is 2.26. The van der Waals surface area contributed by atoms with E-state index in [0.717, 1.165) is 5.56 Å². The maximum Gasteiger partial charge on any atom is 0.328 e. The highest BCUT2D eigenvalue weighted by Crippen LogP contribution is 2.24. The zero-order valence-corrected chi connectivity index (χ0v) is 15.5. The molecule has 2 aromatic carbocycles. The SMILES string of the molecule is CCOC(=O)C(Cc1ccccc1)NC(=O)C(C)Oc1ccccc1Cl. The van der Waals surface area contributed by atoms with Crippen molar-refractivity contribution in [1.82, 2.24) is 5.32 Å². The van der Waals surface area contributed by atoms with E-state index in [2.05, 4.69) is 5.32 Å². The van der Waals surface area contributed by atoms with Crippen LogP contribution >= 0.6 is 11.6 Å². The second-order valence-corrected chi connectivity index (χ2v) is 6.10. The Morgan fingerprint density at radius 3 is 2.38 bits per heavy atom. The van der Waals surface area contributed by atoms with Crippen LogP contribution in [0.15, 0.2) is 54.6 Å². The topological polar surface area (TPSA) is 64.6 Å². The molecule has 0 spiro atoms. The fourth-order valence-corrected chi connectivity index (χ4v) is 2.54. The normalized spacial score (nSPS) is 12.7. The molecule has 1 N–H and O–H groups in total. The fraction of sp³-hybridized carbons (Fsp3) is 0.300. The number of para-hydroxylation sites is 1. The molecule has 0 bridgehead atoms. The van der Waals surface area contributed by atoms with E-state index < -0.39 is 24.0 Å². The molecule has 0 saturated carbocycles. The smallest absolute Gasteiger partial charge is 0.328 e. The minimum Gasteiger partial charge on any atom is -0.479 e. The average molecular weight is 376 g/mol. The molecule has 0 saturated heterocycles. The van der Waals surface area contributed by atoms with Gasteiger partial charge in [-0.2, -0.15) is 0 Å². The van der Waals surface area contributed by atoms with E-state index in [-0.39, 0.29) is 6.61 Å². The van der Waals surface area contributed by atoms with Gasteiger partial charge in [-0.1, -0.05) is 54.1 Å². The van der Waals surface area contributed by atoms with Crippen LogP contribution in [-0.4, -0.2) is 30.6 Å². The lowest BCUT2D eigenvalue weighted by atomic mass is 10.1. The lowest BCUT2D eigenvalue weighted by Gasteiger charge is -2.21. The predicted octanol–water partition coefficient (Wildman–Crippen LogP) is 3.40. The highest BCUT2D eigenvalue weighted by molar-refractivity contribution is 6.32. The minimum atomic E-state index is -0.817. The van der Waals surface area contributed by atoms with Crippen LogP contribution in [0.4, 0.5) is 0 Å². The van der Waals surface area contributed by atoms with Gasteiger partial charge in [0.15, 0.2) is 6.10 Å². The average Bonchev–Trinajstić information content (AvgIpc) is 2.64. The second-order valence-electron chi connectivity index (χ2n) is 5.69. The number of esters is 1. The van der Waals surface area contributed by atoms with Gasteiger partial charge in [-0.05, 0) is 31.5 Å². The zero-order chi connectivity index (χ0) is 18.9. The number of rotatable bonds is 8. The Balaban J connectivity index is 2.04. The van der Waals surface area contributed by atoms with Crippen molar-refractivity contribution in [2.75, 3.05) is 6.61 Å². The summed E-state index contributed by atoms with van der Waals surface area (Å²) in [6, 6.07) is 15.5. The number of nitrogens with one attached hydrogen (secondary N) is 1. The third-order valence-corrected chi connectivity index (χ3v) is 3.99. The van der Waals surface area contributed by atoms with Crippen molar-refractivity contribution >= 4 is 23.5 Å². The van der Waals surface area contributed by atoms with Gasteiger partial charge in [0.1, 0.15) is 11.8 Å². The van der Waals surface area contributed by atoms with Crippen LogP contribution in [0, 0.1) is 0 Å². The van der Waals surface area contributed by atoms with E-state index in [1.165, 1.54) is 0 Å². The van der Waals surface area contributed by atoms with Crippen LogP contribution in [0.5, 0.6) is 5.75 Å². The van der Waals surface area contributed by atoms with Crippen molar-refractivity contribution in [1.29, 1.82) is 0 Å². The molecule has 6 heteroatoms. The van der Waals surface area contributed by atoms with Gasteiger partial charge in [-0.25, -0.2) is 4.79 Å². The summed E-state index contributed by atoms with van der Waals surface area (Å²) in [6.07, 6.45) is -0.480. The van der Waals surface area contributed by atoms with Crippen molar-refractivity contribution in [3.63, 3.8) is 0 Å². The van der Waals surface area contributed by atoms with Crippen LogP contribution < -0.4 is 10.1 Å². The first-order chi connectivity index (χ1) is 12.5. The Labute approximate surface area is 158 Å². The number of ether oxygens (including phenoxy) is 2. The van der Waals surface area contributed by atoms with Gasteiger partial charge in [-0.15, -0.1) is 0 Å². The fourth-order valence-electron chi connectivity index (χ4n) is 2.36. The van der Waals surface area contributed by atoms with Crippen LogP contribution in [0.25, 0.3) is 0 Å². The highest BCUT2D eigenvalue weighted by atomic mass is 35.5. The van der Waals surface area contributed by atoms with Gasteiger partial charge in [0.2, 0.25) is 0 Å². The van der Waals surface area contributed by atoms with E-state index in [1.54, 1.807) is 38.1 Å². The molecule has 26 heavy (non-hydrogen) atoms. The summed E-state index contributed by atoms with van der Waals surface area (Å²) in [5, 5.41) is 3.12. The summed E-state index contributed by atoms with van der Waals surface area (Å²) in [5.74, 6) is -0.485. The molecule has 0 aliphatic carbocycles. The number of benzene rings is 2. The van der Waals surface area contributed by atoms with Gasteiger partial charge in [0.05, 0.1) is 11.6 Å². The molecule has 5 nitrogen and oxygen atoms in total. The number of carbonyl (C=O) groups is 2. The van der Waals surface area contributed by atoms with Gasteiger partial charge < -0.3 is 14.8 Å².